The van der Waals surface area contributed by atoms with Crippen LogP contribution in [0.5, 0.6) is 0 Å². The topological polar surface area (TPSA) is 43.1 Å². The number of aromatic nitrogens is 3. The van der Waals surface area contributed by atoms with E-state index in [0.29, 0.717) is 12.5 Å². The minimum atomic E-state index is 0.240. The molecule has 1 unspecified atom stereocenters. The number of para-hydroxylation sites is 1. The maximum atomic E-state index is 12.6. The molecule has 4 rings (SSSR count). The summed E-state index contributed by atoms with van der Waals surface area (Å²) in [6, 6.07) is 12.7. The molecule has 0 aliphatic carbocycles. The third-order valence-corrected chi connectivity index (χ3v) is 4.89. The van der Waals surface area contributed by atoms with Crippen LogP contribution in [0.4, 0.5) is 0 Å². The number of carbonyl (C=O) groups excluding carboxylic acids is 1. The van der Waals surface area contributed by atoms with Crippen LogP contribution >= 0.6 is 0 Å². The first-order valence-electron chi connectivity index (χ1n) is 8.62. The Labute approximate surface area is 141 Å². The van der Waals surface area contributed by atoms with Crippen LogP contribution in [0.3, 0.4) is 0 Å². The molecule has 2 aromatic heterocycles. The van der Waals surface area contributed by atoms with E-state index in [9.17, 15) is 4.79 Å². The summed E-state index contributed by atoms with van der Waals surface area (Å²) in [4.78, 5) is 14.6. The van der Waals surface area contributed by atoms with Crippen molar-refractivity contribution >= 4 is 16.8 Å². The molecule has 5 nitrogen and oxygen atoms in total. The number of hydrogen-bond donors (Lipinski definition) is 0. The molecule has 0 radical (unpaired) electrons. The second-order valence-electron chi connectivity index (χ2n) is 6.44. The van der Waals surface area contributed by atoms with Crippen molar-refractivity contribution in [1.29, 1.82) is 0 Å². The number of aryl methyl sites for hydroxylation is 1. The van der Waals surface area contributed by atoms with Crippen LogP contribution in [0, 0.1) is 0 Å². The van der Waals surface area contributed by atoms with Crippen molar-refractivity contribution in [1.82, 2.24) is 19.2 Å². The quantitative estimate of drug-likeness (QED) is 0.741. The molecule has 0 bridgehead atoms. The SMILES string of the molecule is O=C(CCn1ccc2ccccc21)N1CCCC(n2cccn2)C1. The molecule has 3 heterocycles. The van der Waals surface area contributed by atoms with E-state index < -0.39 is 0 Å². The normalized spacial score (nSPS) is 18.2. The molecule has 0 spiro atoms. The van der Waals surface area contributed by atoms with Crippen molar-refractivity contribution in [2.24, 2.45) is 0 Å². The number of carbonyl (C=O) groups is 1. The highest BCUT2D eigenvalue weighted by molar-refractivity contribution is 5.80. The van der Waals surface area contributed by atoms with E-state index in [4.69, 9.17) is 0 Å². The van der Waals surface area contributed by atoms with Gasteiger partial charge < -0.3 is 9.47 Å². The fourth-order valence-electron chi connectivity index (χ4n) is 3.60. The lowest BCUT2D eigenvalue weighted by atomic mass is 10.1. The van der Waals surface area contributed by atoms with Gasteiger partial charge in [0.25, 0.3) is 0 Å². The lowest BCUT2D eigenvalue weighted by molar-refractivity contribution is -0.133. The second-order valence-corrected chi connectivity index (χ2v) is 6.44. The van der Waals surface area contributed by atoms with Crippen LogP contribution < -0.4 is 0 Å². The minimum Gasteiger partial charge on any atom is -0.347 e. The lowest BCUT2D eigenvalue weighted by Gasteiger charge is -2.33. The van der Waals surface area contributed by atoms with Gasteiger partial charge in [0, 0.05) is 50.2 Å². The number of likely N-dealkylation sites (tertiary alicyclic amines) is 1. The minimum absolute atomic E-state index is 0.240. The third kappa shape index (κ3) is 2.94. The predicted molar refractivity (Wildman–Crippen MR) is 93.6 cm³/mol. The van der Waals surface area contributed by atoms with E-state index in [1.165, 1.54) is 10.9 Å². The summed E-state index contributed by atoms with van der Waals surface area (Å²) in [6.07, 6.45) is 8.55. The highest BCUT2D eigenvalue weighted by atomic mass is 16.2. The highest BCUT2D eigenvalue weighted by Gasteiger charge is 2.24. The first-order valence-corrected chi connectivity index (χ1v) is 8.62. The van der Waals surface area contributed by atoms with Crippen LogP contribution in [0.1, 0.15) is 25.3 Å². The van der Waals surface area contributed by atoms with Gasteiger partial charge in [-0.1, -0.05) is 18.2 Å². The lowest BCUT2D eigenvalue weighted by Crippen LogP contribution is -2.41. The Morgan fingerprint density at radius 3 is 2.96 bits per heavy atom. The van der Waals surface area contributed by atoms with Crippen LogP contribution in [-0.4, -0.2) is 38.2 Å². The number of amides is 1. The third-order valence-electron chi connectivity index (χ3n) is 4.89. The van der Waals surface area contributed by atoms with Crippen LogP contribution in [-0.2, 0) is 11.3 Å². The standard InChI is InChI=1S/C19H22N4O/c24-19(9-14-21-13-8-16-5-1-2-7-18(16)21)22-11-3-6-17(15-22)23-12-4-10-20-23/h1-2,4-5,7-8,10,12-13,17H,3,6,9,11,14-15H2. The Morgan fingerprint density at radius 2 is 2.08 bits per heavy atom. The summed E-state index contributed by atoms with van der Waals surface area (Å²) in [5.74, 6) is 0.240. The average molecular weight is 322 g/mol. The Bertz CT molecular complexity index is 821. The Hall–Kier alpha value is -2.56. The van der Waals surface area contributed by atoms with E-state index in [-0.39, 0.29) is 5.91 Å². The number of benzene rings is 1. The van der Waals surface area contributed by atoms with Crippen LogP contribution in [0.25, 0.3) is 10.9 Å². The summed E-state index contributed by atoms with van der Waals surface area (Å²) >= 11 is 0. The predicted octanol–water partition coefficient (Wildman–Crippen LogP) is 3.09. The molecule has 1 fully saturated rings. The van der Waals surface area contributed by atoms with Gasteiger partial charge in [0.15, 0.2) is 0 Å². The zero-order chi connectivity index (χ0) is 16.4. The summed E-state index contributed by atoms with van der Waals surface area (Å²) in [5, 5.41) is 5.55. The Kier molecular flexibility index (Phi) is 4.07. The zero-order valence-electron chi connectivity index (χ0n) is 13.7. The molecule has 24 heavy (non-hydrogen) atoms. The summed E-state index contributed by atoms with van der Waals surface area (Å²) < 4.78 is 4.15. The fourth-order valence-corrected chi connectivity index (χ4v) is 3.60. The van der Waals surface area contributed by atoms with Gasteiger partial charge in [-0.3, -0.25) is 9.48 Å². The monoisotopic (exact) mass is 322 g/mol. The number of piperidine rings is 1. The molecule has 0 N–H and O–H groups in total. The molecule has 1 saturated heterocycles. The first kappa shape index (κ1) is 15.0. The smallest absolute Gasteiger partial charge is 0.224 e. The van der Waals surface area contributed by atoms with Crippen molar-refractivity contribution in [2.75, 3.05) is 13.1 Å². The van der Waals surface area contributed by atoms with E-state index in [0.717, 1.165) is 32.5 Å². The van der Waals surface area contributed by atoms with Gasteiger partial charge in [-0.15, -0.1) is 0 Å². The van der Waals surface area contributed by atoms with Crippen molar-refractivity contribution < 1.29 is 4.79 Å². The van der Waals surface area contributed by atoms with E-state index in [1.54, 1.807) is 6.20 Å². The van der Waals surface area contributed by atoms with Gasteiger partial charge in [-0.05, 0) is 36.4 Å². The zero-order valence-corrected chi connectivity index (χ0v) is 13.7. The summed E-state index contributed by atoms with van der Waals surface area (Å²) in [7, 11) is 0. The van der Waals surface area contributed by atoms with Gasteiger partial charge in [-0.25, -0.2) is 0 Å². The molecule has 0 saturated carbocycles. The number of rotatable bonds is 4. The summed E-state index contributed by atoms with van der Waals surface area (Å²) in [6.45, 7) is 2.37. The maximum absolute atomic E-state index is 12.6. The molecule has 1 amide bonds. The molecule has 1 aliphatic rings. The van der Waals surface area contributed by atoms with Crippen molar-refractivity contribution in [3.8, 4) is 0 Å². The summed E-state index contributed by atoms with van der Waals surface area (Å²) in [5.41, 5.74) is 1.19. The molecule has 5 heteroatoms. The van der Waals surface area contributed by atoms with Crippen LogP contribution in [0.15, 0.2) is 55.0 Å². The van der Waals surface area contributed by atoms with Gasteiger partial charge in [0.1, 0.15) is 0 Å². The van der Waals surface area contributed by atoms with E-state index in [2.05, 4.69) is 34.1 Å². The van der Waals surface area contributed by atoms with Gasteiger partial charge >= 0.3 is 0 Å². The van der Waals surface area contributed by atoms with Gasteiger partial charge in [0.05, 0.1) is 6.04 Å². The molecule has 124 valence electrons. The molecular weight excluding hydrogens is 300 g/mol. The first-order chi connectivity index (χ1) is 11.8. The fraction of sp³-hybridized carbons (Fsp3) is 0.368. The Morgan fingerprint density at radius 1 is 1.17 bits per heavy atom. The van der Waals surface area contributed by atoms with Gasteiger partial charge in [0.2, 0.25) is 5.91 Å². The Balaban J connectivity index is 1.39. The largest absolute Gasteiger partial charge is 0.347 e. The highest BCUT2D eigenvalue weighted by Crippen LogP contribution is 2.21. The average Bonchev–Trinajstić information content (AvgIpc) is 3.30. The van der Waals surface area contributed by atoms with Crippen molar-refractivity contribution in [3.63, 3.8) is 0 Å². The molecular formula is C19H22N4O. The van der Waals surface area contributed by atoms with Crippen molar-refractivity contribution in [2.45, 2.75) is 31.8 Å². The van der Waals surface area contributed by atoms with Crippen molar-refractivity contribution in [3.05, 3.63) is 55.0 Å². The molecule has 1 atom stereocenters. The van der Waals surface area contributed by atoms with E-state index in [1.807, 2.05) is 34.0 Å². The van der Waals surface area contributed by atoms with E-state index >= 15 is 0 Å². The molecule has 1 aromatic carbocycles. The van der Waals surface area contributed by atoms with Crippen LogP contribution in [0.2, 0.25) is 0 Å². The number of hydrogen-bond acceptors (Lipinski definition) is 2. The van der Waals surface area contributed by atoms with Gasteiger partial charge in [-0.2, -0.15) is 5.10 Å². The second kappa shape index (κ2) is 6.51. The number of fused-ring (bicyclic) bond motifs is 1. The molecule has 3 aromatic rings. The maximum Gasteiger partial charge on any atom is 0.224 e. The molecule has 1 aliphatic heterocycles. The number of nitrogens with zero attached hydrogens (tertiary/aromatic N) is 4.